The van der Waals surface area contributed by atoms with Gasteiger partial charge in [0, 0.05) is 19.3 Å². The van der Waals surface area contributed by atoms with E-state index in [9.17, 15) is 14.4 Å². The average molecular weight is 948 g/mol. The average Bonchev–Trinajstić information content (AvgIpc) is 3.30. The van der Waals surface area contributed by atoms with Crippen LogP contribution in [0.4, 0.5) is 0 Å². The van der Waals surface area contributed by atoms with Crippen LogP contribution in [0.25, 0.3) is 0 Å². The van der Waals surface area contributed by atoms with Crippen molar-refractivity contribution in [3.05, 3.63) is 0 Å². The van der Waals surface area contributed by atoms with E-state index in [1.165, 1.54) is 231 Å². The minimum absolute atomic E-state index is 0.0622. The molecule has 0 unspecified atom stereocenters. The quantitative estimate of drug-likeness (QED) is 0.0343. The summed E-state index contributed by atoms with van der Waals surface area (Å²) in [5.41, 5.74) is 0. The molecule has 6 heteroatoms. The molecule has 0 heterocycles. The van der Waals surface area contributed by atoms with Crippen molar-refractivity contribution in [2.24, 2.45) is 11.8 Å². The van der Waals surface area contributed by atoms with E-state index in [1.54, 1.807) is 0 Å². The van der Waals surface area contributed by atoms with Gasteiger partial charge in [-0.3, -0.25) is 14.4 Å². The number of rotatable bonds is 55. The highest BCUT2D eigenvalue weighted by Crippen LogP contribution is 2.18. The summed E-state index contributed by atoms with van der Waals surface area (Å²) >= 11 is 0. The molecule has 0 aromatic heterocycles. The molecule has 0 spiro atoms. The van der Waals surface area contributed by atoms with E-state index < -0.39 is 6.10 Å². The monoisotopic (exact) mass is 947 g/mol. The van der Waals surface area contributed by atoms with Crippen LogP contribution in [0.15, 0.2) is 0 Å². The molecular formula is C61H118O6. The maximum absolute atomic E-state index is 12.9. The lowest BCUT2D eigenvalue weighted by molar-refractivity contribution is -0.167. The predicted octanol–water partition coefficient (Wildman–Crippen LogP) is 20.0. The number of unbranched alkanes of at least 4 members (excludes halogenated alkanes) is 40. The van der Waals surface area contributed by atoms with Gasteiger partial charge in [-0.25, -0.2) is 0 Å². The molecule has 398 valence electrons. The van der Waals surface area contributed by atoms with E-state index in [0.717, 1.165) is 69.6 Å². The summed E-state index contributed by atoms with van der Waals surface area (Å²) in [6.07, 6.45) is 58.1. The summed E-state index contributed by atoms with van der Waals surface area (Å²) in [4.78, 5) is 38.2. The maximum atomic E-state index is 12.9. The zero-order valence-electron chi connectivity index (χ0n) is 46.0. The Bertz CT molecular complexity index is 1020. The molecule has 0 radical (unpaired) electrons. The van der Waals surface area contributed by atoms with Gasteiger partial charge in [0.05, 0.1) is 0 Å². The van der Waals surface area contributed by atoms with Gasteiger partial charge in [0.25, 0.3) is 0 Å². The van der Waals surface area contributed by atoms with E-state index in [2.05, 4.69) is 34.6 Å². The lowest BCUT2D eigenvalue weighted by Gasteiger charge is -2.18. The maximum Gasteiger partial charge on any atom is 0.306 e. The molecule has 6 nitrogen and oxygen atoms in total. The summed E-state index contributed by atoms with van der Waals surface area (Å²) in [5, 5.41) is 0. The molecule has 0 fully saturated rings. The molecular weight excluding hydrogens is 829 g/mol. The Morgan fingerprint density at radius 1 is 0.284 bits per heavy atom. The van der Waals surface area contributed by atoms with E-state index >= 15 is 0 Å². The van der Waals surface area contributed by atoms with Crippen molar-refractivity contribution in [1.82, 2.24) is 0 Å². The standard InChI is InChI=1S/C61H118O6/c1-6-7-8-9-10-11-12-13-21-26-31-36-41-46-51-59(62)65-54-58(55-66-60(63)52-47-42-37-32-27-23-18-20-25-30-35-40-45-50-57(4)5)67-61(64)53-48-43-38-33-28-22-17-15-14-16-19-24-29-34-39-44-49-56(2)3/h56-58H,6-55H2,1-5H3/t58-/m0/s1. The third kappa shape index (κ3) is 55.2. The fraction of sp³-hybridized carbons (Fsp3) is 0.951. The Balaban J connectivity index is 4.29. The molecule has 67 heavy (non-hydrogen) atoms. The molecule has 0 N–H and O–H groups in total. The van der Waals surface area contributed by atoms with Crippen molar-refractivity contribution in [2.75, 3.05) is 13.2 Å². The van der Waals surface area contributed by atoms with Gasteiger partial charge >= 0.3 is 17.9 Å². The Hall–Kier alpha value is -1.59. The van der Waals surface area contributed by atoms with Crippen molar-refractivity contribution < 1.29 is 28.6 Å². The number of esters is 3. The van der Waals surface area contributed by atoms with Gasteiger partial charge in [0.2, 0.25) is 0 Å². The fourth-order valence-electron chi connectivity index (χ4n) is 9.40. The van der Waals surface area contributed by atoms with Crippen molar-refractivity contribution in [3.8, 4) is 0 Å². The first-order valence-electron chi connectivity index (χ1n) is 30.2. The van der Waals surface area contributed by atoms with Crippen LogP contribution in [0.5, 0.6) is 0 Å². The largest absolute Gasteiger partial charge is 0.462 e. The van der Waals surface area contributed by atoms with E-state index in [0.29, 0.717) is 19.3 Å². The lowest BCUT2D eigenvalue weighted by atomic mass is 10.0. The lowest BCUT2D eigenvalue weighted by Crippen LogP contribution is -2.30. The van der Waals surface area contributed by atoms with Crippen LogP contribution in [-0.4, -0.2) is 37.2 Å². The van der Waals surface area contributed by atoms with Crippen LogP contribution in [0.3, 0.4) is 0 Å². The van der Waals surface area contributed by atoms with Crippen molar-refractivity contribution in [1.29, 1.82) is 0 Å². The normalized spacial score (nSPS) is 12.0. The first kappa shape index (κ1) is 65.4. The smallest absolute Gasteiger partial charge is 0.306 e. The van der Waals surface area contributed by atoms with Crippen LogP contribution in [0, 0.1) is 11.8 Å². The second-order valence-corrected chi connectivity index (χ2v) is 21.9. The predicted molar refractivity (Wildman–Crippen MR) is 289 cm³/mol. The Kier molecular flexibility index (Phi) is 52.5. The molecule has 0 bridgehead atoms. The van der Waals surface area contributed by atoms with Gasteiger partial charge in [-0.15, -0.1) is 0 Å². The Labute approximate surface area is 418 Å². The fourth-order valence-corrected chi connectivity index (χ4v) is 9.40. The van der Waals surface area contributed by atoms with Gasteiger partial charge in [0.15, 0.2) is 6.10 Å². The zero-order chi connectivity index (χ0) is 48.9. The third-order valence-electron chi connectivity index (χ3n) is 14.0. The molecule has 0 rings (SSSR count). The second kappa shape index (κ2) is 53.8. The van der Waals surface area contributed by atoms with E-state index in [1.807, 2.05) is 0 Å². The molecule has 0 amide bonds. The van der Waals surface area contributed by atoms with Gasteiger partial charge < -0.3 is 14.2 Å². The Morgan fingerprint density at radius 3 is 0.731 bits per heavy atom. The molecule has 0 aliphatic carbocycles. The van der Waals surface area contributed by atoms with Crippen LogP contribution >= 0.6 is 0 Å². The summed E-state index contributed by atoms with van der Waals surface area (Å²) < 4.78 is 16.9. The summed E-state index contributed by atoms with van der Waals surface area (Å²) in [7, 11) is 0. The number of carbonyl (C=O) groups excluding carboxylic acids is 3. The van der Waals surface area contributed by atoms with Gasteiger partial charge in [-0.2, -0.15) is 0 Å². The van der Waals surface area contributed by atoms with E-state index in [-0.39, 0.29) is 31.1 Å². The van der Waals surface area contributed by atoms with Crippen LogP contribution in [0.2, 0.25) is 0 Å². The topological polar surface area (TPSA) is 78.9 Å². The summed E-state index contributed by atoms with van der Waals surface area (Å²) in [6.45, 7) is 11.4. The van der Waals surface area contributed by atoms with E-state index in [4.69, 9.17) is 14.2 Å². The van der Waals surface area contributed by atoms with Crippen molar-refractivity contribution >= 4 is 17.9 Å². The number of hydrogen-bond acceptors (Lipinski definition) is 6. The zero-order valence-corrected chi connectivity index (χ0v) is 46.0. The highest BCUT2D eigenvalue weighted by Gasteiger charge is 2.19. The highest BCUT2D eigenvalue weighted by molar-refractivity contribution is 5.71. The van der Waals surface area contributed by atoms with Gasteiger partial charge in [0.1, 0.15) is 13.2 Å². The molecule has 0 aliphatic heterocycles. The summed E-state index contributed by atoms with van der Waals surface area (Å²) in [6, 6.07) is 0. The minimum Gasteiger partial charge on any atom is -0.462 e. The number of ether oxygens (including phenoxy) is 3. The first-order valence-corrected chi connectivity index (χ1v) is 30.2. The molecule has 0 saturated carbocycles. The van der Waals surface area contributed by atoms with Gasteiger partial charge in [-0.05, 0) is 31.1 Å². The van der Waals surface area contributed by atoms with Crippen LogP contribution in [-0.2, 0) is 28.6 Å². The number of hydrogen-bond donors (Lipinski definition) is 0. The molecule has 0 aliphatic rings. The SMILES string of the molecule is CCCCCCCCCCCCCCCCC(=O)OC[C@@H](COC(=O)CCCCCCCCCCCCCCCC(C)C)OC(=O)CCCCCCCCCCCCCCCCCCC(C)C. The highest BCUT2D eigenvalue weighted by atomic mass is 16.6. The first-order chi connectivity index (χ1) is 32.7. The van der Waals surface area contributed by atoms with Crippen LogP contribution in [0.1, 0.15) is 343 Å². The van der Waals surface area contributed by atoms with Crippen molar-refractivity contribution in [3.63, 3.8) is 0 Å². The Morgan fingerprint density at radius 2 is 0.493 bits per heavy atom. The summed E-state index contributed by atoms with van der Waals surface area (Å²) in [5.74, 6) is 0.857. The van der Waals surface area contributed by atoms with Crippen molar-refractivity contribution in [2.45, 2.75) is 349 Å². The van der Waals surface area contributed by atoms with Crippen LogP contribution < -0.4 is 0 Å². The molecule has 0 aromatic carbocycles. The minimum atomic E-state index is -0.763. The van der Waals surface area contributed by atoms with Gasteiger partial charge in [-0.1, -0.05) is 304 Å². The second-order valence-electron chi connectivity index (χ2n) is 21.9. The molecule has 1 atom stereocenters. The molecule has 0 aromatic rings. The molecule has 0 saturated heterocycles. The number of carbonyl (C=O) groups is 3. The third-order valence-corrected chi connectivity index (χ3v) is 14.0.